The average Bonchev–Trinajstić information content (AvgIpc) is 2.72. The van der Waals surface area contributed by atoms with E-state index in [-0.39, 0.29) is 11.7 Å². The SMILES string of the molecule is Cc1cc2c(c(=O)o1)C=C1CC[C@H](C(C)CNCc3ccc(C=O)cc3)C[C@@H]1O2. The van der Waals surface area contributed by atoms with Crippen molar-refractivity contribution in [3.63, 3.8) is 0 Å². The van der Waals surface area contributed by atoms with Crippen LogP contribution in [0.15, 0.2) is 45.1 Å². The zero-order chi connectivity index (χ0) is 20.4. The van der Waals surface area contributed by atoms with Crippen molar-refractivity contribution in [2.24, 2.45) is 11.8 Å². The molecule has 3 atom stereocenters. The molecule has 4 rings (SSSR count). The summed E-state index contributed by atoms with van der Waals surface area (Å²) < 4.78 is 11.4. The van der Waals surface area contributed by atoms with Gasteiger partial charge >= 0.3 is 5.63 Å². The van der Waals surface area contributed by atoms with Gasteiger partial charge in [-0.3, -0.25) is 4.79 Å². The second kappa shape index (κ2) is 8.37. The van der Waals surface area contributed by atoms with Gasteiger partial charge < -0.3 is 14.5 Å². The Balaban J connectivity index is 1.33. The molecule has 1 aliphatic carbocycles. The first-order valence-electron chi connectivity index (χ1n) is 10.3. The van der Waals surface area contributed by atoms with Crippen molar-refractivity contribution >= 4 is 12.4 Å². The molecule has 2 heterocycles. The standard InChI is InChI=1S/C24H27NO4/c1-15(12-25-13-17-3-5-18(14-26)6-4-17)19-7-8-20-10-21-23(29-22(20)11-19)9-16(2)28-24(21)27/h3-6,9-10,14-15,19,22,25H,7-8,11-13H2,1-2H3/t15?,19-,22-/m0/s1. The lowest BCUT2D eigenvalue weighted by molar-refractivity contribution is 0.112. The van der Waals surface area contributed by atoms with Crippen molar-refractivity contribution in [3.8, 4) is 5.75 Å². The van der Waals surface area contributed by atoms with E-state index < -0.39 is 0 Å². The summed E-state index contributed by atoms with van der Waals surface area (Å²) in [6, 6.07) is 9.50. The molecule has 152 valence electrons. The van der Waals surface area contributed by atoms with Crippen molar-refractivity contribution in [2.75, 3.05) is 6.54 Å². The van der Waals surface area contributed by atoms with E-state index in [0.29, 0.717) is 34.5 Å². The Morgan fingerprint density at radius 1 is 1.28 bits per heavy atom. The molecule has 2 aromatic rings. The molecule has 1 aromatic heterocycles. The zero-order valence-corrected chi connectivity index (χ0v) is 16.9. The number of carbonyl (C=O) groups excluding carboxylic acids is 1. The van der Waals surface area contributed by atoms with Crippen LogP contribution in [-0.4, -0.2) is 18.9 Å². The monoisotopic (exact) mass is 393 g/mol. The van der Waals surface area contributed by atoms with Crippen LogP contribution in [0.1, 0.15) is 53.4 Å². The molecule has 5 nitrogen and oxygen atoms in total. The highest BCUT2D eigenvalue weighted by Gasteiger charge is 2.33. The summed E-state index contributed by atoms with van der Waals surface area (Å²) in [5, 5.41) is 3.54. The van der Waals surface area contributed by atoms with Crippen molar-refractivity contribution in [3.05, 3.63) is 68.8 Å². The Labute approximate surface area is 170 Å². The molecule has 0 spiro atoms. The van der Waals surface area contributed by atoms with Gasteiger partial charge in [-0.15, -0.1) is 0 Å². The minimum Gasteiger partial charge on any atom is -0.485 e. The van der Waals surface area contributed by atoms with Crippen molar-refractivity contribution < 1.29 is 13.9 Å². The number of nitrogens with one attached hydrogen (secondary N) is 1. The molecule has 0 bridgehead atoms. The van der Waals surface area contributed by atoms with E-state index in [1.807, 2.05) is 36.4 Å². The Bertz CT molecular complexity index is 973. The molecule has 1 unspecified atom stereocenters. The molecule has 1 N–H and O–H groups in total. The predicted molar refractivity (Wildman–Crippen MR) is 112 cm³/mol. The molecular weight excluding hydrogens is 366 g/mol. The van der Waals surface area contributed by atoms with Crippen LogP contribution in [-0.2, 0) is 6.54 Å². The van der Waals surface area contributed by atoms with Gasteiger partial charge in [-0.2, -0.15) is 0 Å². The number of hydrogen-bond donors (Lipinski definition) is 1. The van der Waals surface area contributed by atoms with Crippen LogP contribution in [0.4, 0.5) is 0 Å². The quantitative estimate of drug-likeness (QED) is 0.748. The summed E-state index contributed by atoms with van der Waals surface area (Å²) in [4.78, 5) is 22.8. The van der Waals surface area contributed by atoms with E-state index in [2.05, 4.69) is 12.2 Å². The molecule has 2 aliphatic rings. The van der Waals surface area contributed by atoms with E-state index >= 15 is 0 Å². The van der Waals surface area contributed by atoms with Gasteiger partial charge in [-0.1, -0.05) is 31.2 Å². The number of ether oxygens (including phenoxy) is 1. The minimum atomic E-state index is -0.313. The number of aldehydes is 1. The molecule has 1 saturated carbocycles. The number of aryl methyl sites for hydroxylation is 1. The Kier molecular flexibility index (Phi) is 5.67. The van der Waals surface area contributed by atoms with Gasteiger partial charge in [0.15, 0.2) is 0 Å². The van der Waals surface area contributed by atoms with Gasteiger partial charge in [0.2, 0.25) is 0 Å². The Morgan fingerprint density at radius 2 is 2.07 bits per heavy atom. The highest BCUT2D eigenvalue weighted by Crippen LogP contribution is 2.40. The van der Waals surface area contributed by atoms with Crippen LogP contribution in [0.2, 0.25) is 0 Å². The fraction of sp³-hybridized carbons (Fsp3) is 0.417. The summed E-state index contributed by atoms with van der Waals surface area (Å²) in [7, 11) is 0. The van der Waals surface area contributed by atoms with Crippen LogP contribution < -0.4 is 15.7 Å². The highest BCUT2D eigenvalue weighted by molar-refractivity contribution is 5.74. The smallest absolute Gasteiger partial charge is 0.346 e. The maximum Gasteiger partial charge on any atom is 0.346 e. The molecule has 1 aromatic carbocycles. The fourth-order valence-electron chi connectivity index (χ4n) is 4.35. The summed E-state index contributed by atoms with van der Waals surface area (Å²) >= 11 is 0. The van der Waals surface area contributed by atoms with Gasteiger partial charge in [0.1, 0.15) is 29.5 Å². The first kappa shape index (κ1) is 19.6. The molecule has 5 heteroatoms. The lowest BCUT2D eigenvalue weighted by atomic mass is 9.76. The van der Waals surface area contributed by atoms with E-state index in [4.69, 9.17) is 9.15 Å². The topological polar surface area (TPSA) is 68.5 Å². The summed E-state index contributed by atoms with van der Waals surface area (Å²) in [5.74, 6) is 2.33. The average molecular weight is 393 g/mol. The molecule has 0 saturated heterocycles. The molecule has 29 heavy (non-hydrogen) atoms. The molecule has 0 amide bonds. The Hall–Kier alpha value is -2.66. The fourth-order valence-corrected chi connectivity index (χ4v) is 4.35. The minimum absolute atomic E-state index is 0.0563. The number of rotatable bonds is 6. The van der Waals surface area contributed by atoms with E-state index in [0.717, 1.165) is 38.6 Å². The number of fused-ring (bicyclic) bond motifs is 2. The summed E-state index contributed by atoms with van der Waals surface area (Å²) in [6.45, 7) is 5.79. The number of benzene rings is 1. The molecule has 1 fully saturated rings. The third-order valence-corrected chi connectivity index (χ3v) is 6.12. The normalized spacial score (nSPS) is 21.4. The third kappa shape index (κ3) is 4.35. The van der Waals surface area contributed by atoms with Crippen LogP contribution in [0.5, 0.6) is 5.75 Å². The number of hydrogen-bond acceptors (Lipinski definition) is 5. The maximum atomic E-state index is 12.1. The van der Waals surface area contributed by atoms with Crippen LogP contribution in [0, 0.1) is 18.8 Å². The summed E-state index contributed by atoms with van der Waals surface area (Å²) in [6.07, 6.45) is 5.94. The van der Waals surface area contributed by atoms with Gasteiger partial charge in [-0.25, -0.2) is 4.79 Å². The first-order chi connectivity index (χ1) is 14.0. The third-order valence-electron chi connectivity index (χ3n) is 6.12. The Morgan fingerprint density at radius 3 is 2.83 bits per heavy atom. The van der Waals surface area contributed by atoms with Gasteiger partial charge in [0, 0.05) is 18.2 Å². The van der Waals surface area contributed by atoms with Crippen LogP contribution in [0.3, 0.4) is 0 Å². The second-order valence-corrected chi connectivity index (χ2v) is 8.25. The van der Waals surface area contributed by atoms with Crippen molar-refractivity contribution in [1.82, 2.24) is 5.32 Å². The molecule has 0 radical (unpaired) electrons. The van der Waals surface area contributed by atoms with E-state index in [1.165, 1.54) is 11.1 Å². The zero-order valence-electron chi connectivity index (χ0n) is 16.9. The predicted octanol–water partition coefficient (Wildman–Crippen LogP) is 4.13. The molecular formula is C24H27NO4. The van der Waals surface area contributed by atoms with Gasteiger partial charge in [-0.05, 0) is 61.8 Å². The van der Waals surface area contributed by atoms with Crippen molar-refractivity contribution in [2.45, 2.75) is 45.8 Å². The summed E-state index contributed by atoms with van der Waals surface area (Å²) in [5.41, 5.74) is 3.33. The van der Waals surface area contributed by atoms with E-state index in [1.54, 1.807) is 6.92 Å². The lowest BCUT2D eigenvalue weighted by Gasteiger charge is -2.37. The molecule has 1 aliphatic heterocycles. The van der Waals surface area contributed by atoms with Crippen molar-refractivity contribution in [1.29, 1.82) is 0 Å². The highest BCUT2D eigenvalue weighted by atomic mass is 16.5. The van der Waals surface area contributed by atoms with Crippen LogP contribution in [0.25, 0.3) is 6.08 Å². The lowest BCUT2D eigenvalue weighted by Crippen LogP contribution is -2.36. The van der Waals surface area contributed by atoms with Gasteiger partial charge in [0.05, 0.1) is 0 Å². The second-order valence-electron chi connectivity index (χ2n) is 8.25. The van der Waals surface area contributed by atoms with Gasteiger partial charge in [0.25, 0.3) is 0 Å². The maximum absolute atomic E-state index is 12.1. The van der Waals surface area contributed by atoms with Crippen LogP contribution >= 0.6 is 0 Å². The first-order valence-corrected chi connectivity index (χ1v) is 10.3. The van der Waals surface area contributed by atoms with E-state index in [9.17, 15) is 9.59 Å². The number of carbonyl (C=O) groups is 1. The largest absolute Gasteiger partial charge is 0.485 e.